The van der Waals surface area contributed by atoms with Gasteiger partial charge in [-0.15, -0.1) is 0 Å². The molecule has 0 spiro atoms. The van der Waals surface area contributed by atoms with Crippen molar-refractivity contribution in [1.29, 1.82) is 0 Å². The summed E-state index contributed by atoms with van der Waals surface area (Å²) in [6.07, 6.45) is 3.76. The Bertz CT molecular complexity index is 337. The van der Waals surface area contributed by atoms with Gasteiger partial charge in [-0.05, 0) is 57.1 Å². The van der Waals surface area contributed by atoms with E-state index in [4.69, 9.17) is 11.6 Å². The van der Waals surface area contributed by atoms with E-state index in [1.807, 2.05) is 12.1 Å². The van der Waals surface area contributed by atoms with Crippen molar-refractivity contribution in [2.75, 3.05) is 26.7 Å². The zero-order valence-electron chi connectivity index (χ0n) is 10.5. The molecule has 2 nitrogen and oxygen atoms in total. The van der Waals surface area contributed by atoms with Crippen LogP contribution in [-0.2, 0) is 6.42 Å². The highest BCUT2D eigenvalue weighted by atomic mass is 35.5. The Kier molecular flexibility index (Phi) is 4.84. The second-order valence-corrected chi connectivity index (χ2v) is 5.29. The van der Waals surface area contributed by atoms with Gasteiger partial charge in [-0.1, -0.05) is 23.7 Å². The van der Waals surface area contributed by atoms with E-state index in [2.05, 4.69) is 29.4 Å². The first-order valence-electron chi connectivity index (χ1n) is 6.41. The van der Waals surface area contributed by atoms with Gasteiger partial charge in [0.05, 0.1) is 0 Å². The fourth-order valence-electron chi connectivity index (χ4n) is 2.39. The number of hydrogen-bond donors (Lipinski definition) is 1. The van der Waals surface area contributed by atoms with E-state index in [1.54, 1.807) is 0 Å². The summed E-state index contributed by atoms with van der Waals surface area (Å²) in [5.41, 5.74) is 1.35. The van der Waals surface area contributed by atoms with E-state index in [9.17, 15) is 0 Å². The molecule has 1 aliphatic rings. The molecule has 1 aromatic carbocycles. The largest absolute Gasteiger partial charge is 0.315 e. The smallest absolute Gasteiger partial charge is 0.0406 e. The summed E-state index contributed by atoms with van der Waals surface area (Å²) in [4.78, 5) is 2.45. The van der Waals surface area contributed by atoms with Gasteiger partial charge in [0.15, 0.2) is 0 Å². The Morgan fingerprint density at radius 3 is 2.76 bits per heavy atom. The Morgan fingerprint density at radius 1 is 1.35 bits per heavy atom. The van der Waals surface area contributed by atoms with Crippen molar-refractivity contribution < 1.29 is 0 Å². The molecule has 0 amide bonds. The molecular formula is C14H21ClN2. The van der Waals surface area contributed by atoms with Crippen molar-refractivity contribution in [2.45, 2.75) is 25.3 Å². The quantitative estimate of drug-likeness (QED) is 0.811. The van der Waals surface area contributed by atoms with Crippen LogP contribution < -0.4 is 5.32 Å². The van der Waals surface area contributed by atoms with E-state index in [-0.39, 0.29) is 0 Å². The van der Waals surface area contributed by atoms with Gasteiger partial charge in [0.2, 0.25) is 0 Å². The van der Waals surface area contributed by atoms with Crippen LogP contribution in [0.3, 0.4) is 0 Å². The Morgan fingerprint density at radius 2 is 2.12 bits per heavy atom. The predicted molar refractivity (Wildman–Crippen MR) is 73.7 cm³/mol. The second-order valence-electron chi connectivity index (χ2n) is 4.86. The van der Waals surface area contributed by atoms with Gasteiger partial charge in [0.25, 0.3) is 0 Å². The molecular weight excluding hydrogens is 232 g/mol. The Labute approximate surface area is 109 Å². The maximum Gasteiger partial charge on any atom is 0.0406 e. The first kappa shape index (κ1) is 12.9. The first-order chi connectivity index (χ1) is 8.25. The topological polar surface area (TPSA) is 15.3 Å². The van der Waals surface area contributed by atoms with Crippen LogP contribution in [0.4, 0.5) is 0 Å². The van der Waals surface area contributed by atoms with Crippen LogP contribution in [0.1, 0.15) is 18.4 Å². The molecule has 1 atom stereocenters. The molecule has 1 unspecified atom stereocenters. The number of benzene rings is 1. The van der Waals surface area contributed by atoms with Crippen molar-refractivity contribution in [2.24, 2.45) is 0 Å². The lowest BCUT2D eigenvalue weighted by Crippen LogP contribution is -2.36. The number of halogens is 1. The summed E-state index contributed by atoms with van der Waals surface area (Å²) in [5.74, 6) is 0. The van der Waals surface area contributed by atoms with E-state index < -0.39 is 0 Å². The Balaban J connectivity index is 1.64. The predicted octanol–water partition coefficient (Wildman–Crippen LogP) is 2.57. The summed E-state index contributed by atoms with van der Waals surface area (Å²) < 4.78 is 0. The van der Waals surface area contributed by atoms with E-state index in [0.717, 1.165) is 30.6 Å². The van der Waals surface area contributed by atoms with Crippen molar-refractivity contribution in [3.05, 3.63) is 34.9 Å². The van der Waals surface area contributed by atoms with Gasteiger partial charge < -0.3 is 10.2 Å². The molecule has 0 bridgehead atoms. The molecule has 94 valence electrons. The molecule has 1 saturated heterocycles. The van der Waals surface area contributed by atoms with Gasteiger partial charge >= 0.3 is 0 Å². The number of likely N-dealkylation sites (tertiary alicyclic amines) is 1. The van der Waals surface area contributed by atoms with Crippen molar-refractivity contribution in [1.82, 2.24) is 10.2 Å². The van der Waals surface area contributed by atoms with Gasteiger partial charge in [0, 0.05) is 17.6 Å². The van der Waals surface area contributed by atoms with Crippen LogP contribution in [-0.4, -0.2) is 37.6 Å². The lowest BCUT2D eigenvalue weighted by Gasteiger charge is -2.19. The van der Waals surface area contributed by atoms with Crippen LogP contribution in [0.5, 0.6) is 0 Å². The maximum atomic E-state index is 5.85. The minimum Gasteiger partial charge on any atom is -0.315 e. The molecule has 1 aromatic rings. The fourth-order valence-corrected chi connectivity index (χ4v) is 2.52. The zero-order valence-corrected chi connectivity index (χ0v) is 11.2. The fraction of sp³-hybridized carbons (Fsp3) is 0.571. The minimum absolute atomic E-state index is 0.736. The highest BCUT2D eigenvalue weighted by Gasteiger charge is 2.19. The average molecular weight is 253 g/mol. The van der Waals surface area contributed by atoms with Gasteiger partial charge in [-0.2, -0.15) is 0 Å². The third-order valence-corrected chi connectivity index (χ3v) is 3.81. The lowest BCUT2D eigenvalue weighted by atomic mass is 10.1. The molecule has 1 N–H and O–H groups in total. The molecule has 1 heterocycles. The van der Waals surface area contributed by atoms with E-state index in [0.29, 0.717) is 0 Å². The number of likely N-dealkylation sites (N-methyl/N-ethyl adjacent to an activating group) is 1. The number of hydrogen-bond acceptors (Lipinski definition) is 2. The third-order valence-electron chi connectivity index (χ3n) is 3.56. The molecule has 0 aromatic heterocycles. The zero-order chi connectivity index (χ0) is 12.1. The lowest BCUT2D eigenvalue weighted by molar-refractivity contribution is 0.301. The van der Waals surface area contributed by atoms with Crippen molar-refractivity contribution in [3.8, 4) is 0 Å². The average Bonchev–Trinajstić information content (AvgIpc) is 2.73. The normalized spacial score (nSPS) is 20.9. The summed E-state index contributed by atoms with van der Waals surface area (Å²) >= 11 is 5.85. The SMILES string of the molecule is CN1CCCC1CNCCc1ccc(Cl)cc1. The molecule has 2 rings (SSSR count). The van der Waals surface area contributed by atoms with E-state index in [1.165, 1.54) is 24.9 Å². The van der Waals surface area contributed by atoms with Crippen LogP contribution in [0.25, 0.3) is 0 Å². The number of nitrogens with one attached hydrogen (secondary N) is 1. The van der Waals surface area contributed by atoms with Gasteiger partial charge in [-0.25, -0.2) is 0 Å². The summed E-state index contributed by atoms with van der Waals surface area (Å²) in [6, 6.07) is 8.86. The monoisotopic (exact) mass is 252 g/mol. The molecule has 1 aliphatic heterocycles. The van der Waals surface area contributed by atoms with Crippen molar-refractivity contribution in [3.63, 3.8) is 0 Å². The van der Waals surface area contributed by atoms with Gasteiger partial charge in [-0.3, -0.25) is 0 Å². The molecule has 0 aliphatic carbocycles. The van der Waals surface area contributed by atoms with Crippen LogP contribution in [0.2, 0.25) is 5.02 Å². The van der Waals surface area contributed by atoms with Crippen molar-refractivity contribution >= 4 is 11.6 Å². The first-order valence-corrected chi connectivity index (χ1v) is 6.79. The van der Waals surface area contributed by atoms with Crippen LogP contribution >= 0.6 is 11.6 Å². The summed E-state index contributed by atoms with van der Waals surface area (Å²) in [7, 11) is 2.22. The van der Waals surface area contributed by atoms with Crippen LogP contribution in [0.15, 0.2) is 24.3 Å². The van der Waals surface area contributed by atoms with Gasteiger partial charge in [0.1, 0.15) is 0 Å². The Hall–Kier alpha value is -0.570. The second kappa shape index (κ2) is 6.39. The molecule has 0 radical (unpaired) electrons. The number of rotatable bonds is 5. The van der Waals surface area contributed by atoms with Crippen LogP contribution in [0, 0.1) is 0 Å². The molecule has 1 fully saturated rings. The van der Waals surface area contributed by atoms with E-state index >= 15 is 0 Å². The third kappa shape index (κ3) is 3.98. The highest BCUT2D eigenvalue weighted by Crippen LogP contribution is 2.13. The summed E-state index contributed by atoms with van der Waals surface area (Å²) in [6.45, 7) is 3.42. The minimum atomic E-state index is 0.736. The number of nitrogens with zero attached hydrogens (tertiary/aromatic N) is 1. The molecule has 17 heavy (non-hydrogen) atoms. The maximum absolute atomic E-state index is 5.85. The standard InChI is InChI=1S/C14H21ClN2/c1-17-10-2-3-14(17)11-16-9-8-12-4-6-13(15)7-5-12/h4-7,14,16H,2-3,8-11H2,1H3. The summed E-state index contributed by atoms with van der Waals surface area (Å²) in [5, 5.41) is 4.36. The molecule has 3 heteroatoms. The molecule has 0 saturated carbocycles. The highest BCUT2D eigenvalue weighted by molar-refractivity contribution is 6.30.